The van der Waals surface area contributed by atoms with Crippen LogP contribution in [-0.4, -0.2) is 47.3 Å². The molecule has 1 amide bonds. The Bertz CT molecular complexity index is 329. The molecule has 0 radical (unpaired) electrons. The van der Waals surface area contributed by atoms with E-state index in [0.29, 0.717) is 0 Å². The number of hydrogen-bond donors (Lipinski definition) is 2. The molecule has 0 aliphatic heterocycles. The van der Waals surface area contributed by atoms with Gasteiger partial charge in [0, 0.05) is 24.0 Å². The predicted molar refractivity (Wildman–Crippen MR) is 64.1 cm³/mol. The van der Waals surface area contributed by atoms with Crippen LogP contribution in [-0.2, 0) is 4.79 Å². The monoisotopic (exact) mass is 241 g/mol. The van der Waals surface area contributed by atoms with E-state index in [1.807, 2.05) is 17.5 Å². The maximum atomic E-state index is 11.6. The van der Waals surface area contributed by atoms with Crippen LogP contribution in [0.1, 0.15) is 4.88 Å². The molecule has 0 aliphatic rings. The van der Waals surface area contributed by atoms with Crippen molar-refractivity contribution in [2.24, 2.45) is 0 Å². The van der Waals surface area contributed by atoms with E-state index in [0.717, 1.165) is 4.88 Å². The Morgan fingerprint density at radius 1 is 1.38 bits per heavy atom. The average molecular weight is 241 g/mol. The molecule has 0 bridgehead atoms. The van der Waals surface area contributed by atoms with Crippen molar-refractivity contribution >= 4 is 23.3 Å². The number of amides is 1. The Kier molecular flexibility index (Phi) is 5.77. The summed E-state index contributed by atoms with van der Waals surface area (Å²) in [6, 6.07) is 3.82. The van der Waals surface area contributed by atoms with E-state index in [1.165, 1.54) is 11.0 Å². The normalized spacial score (nSPS) is 10.9. The van der Waals surface area contributed by atoms with Crippen LogP contribution >= 0.6 is 11.3 Å². The standard InChI is InChI=1S/C11H15NO3S/c13-7-5-12(6-8-14)11(15)4-3-10-2-1-9-16-10/h1-4,9,13-14H,5-8H2. The highest BCUT2D eigenvalue weighted by Crippen LogP contribution is 2.10. The van der Waals surface area contributed by atoms with Gasteiger partial charge in [-0.15, -0.1) is 11.3 Å². The van der Waals surface area contributed by atoms with Gasteiger partial charge >= 0.3 is 0 Å². The number of thiophene rings is 1. The van der Waals surface area contributed by atoms with Crippen LogP contribution in [0.3, 0.4) is 0 Å². The zero-order valence-corrected chi connectivity index (χ0v) is 9.69. The molecular formula is C11H15NO3S. The number of nitrogens with zero attached hydrogens (tertiary/aromatic N) is 1. The third-order valence-electron chi connectivity index (χ3n) is 1.98. The van der Waals surface area contributed by atoms with Crippen LogP contribution in [0, 0.1) is 0 Å². The number of aliphatic hydroxyl groups excluding tert-OH is 2. The molecule has 5 heteroatoms. The van der Waals surface area contributed by atoms with Crippen molar-refractivity contribution in [2.75, 3.05) is 26.3 Å². The van der Waals surface area contributed by atoms with Gasteiger partial charge in [0.1, 0.15) is 0 Å². The Morgan fingerprint density at radius 3 is 2.56 bits per heavy atom. The van der Waals surface area contributed by atoms with E-state index in [9.17, 15) is 4.79 Å². The van der Waals surface area contributed by atoms with Gasteiger partial charge in [0.25, 0.3) is 0 Å². The number of aliphatic hydroxyl groups is 2. The molecule has 0 unspecified atom stereocenters. The smallest absolute Gasteiger partial charge is 0.246 e. The second kappa shape index (κ2) is 7.16. The molecule has 1 rings (SSSR count). The largest absolute Gasteiger partial charge is 0.395 e. The first kappa shape index (κ1) is 12.9. The summed E-state index contributed by atoms with van der Waals surface area (Å²) in [5, 5.41) is 19.5. The van der Waals surface area contributed by atoms with E-state index in [2.05, 4.69) is 0 Å². The van der Waals surface area contributed by atoms with Crippen LogP contribution in [0.25, 0.3) is 6.08 Å². The van der Waals surface area contributed by atoms with Gasteiger partial charge in [0.05, 0.1) is 13.2 Å². The quantitative estimate of drug-likeness (QED) is 0.716. The van der Waals surface area contributed by atoms with Crippen LogP contribution < -0.4 is 0 Å². The second-order valence-electron chi connectivity index (χ2n) is 3.12. The second-order valence-corrected chi connectivity index (χ2v) is 4.10. The highest BCUT2D eigenvalue weighted by Gasteiger charge is 2.08. The molecule has 0 fully saturated rings. The molecule has 2 N–H and O–H groups in total. The first-order valence-electron chi connectivity index (χ1n) is 5.00. The van der Waals surface area contributed by atoms with Crippen LogP contribution in [0.4, 0.5) is 0 Å². The maximum Gasteiger partial charge on any atom is 0.246 e. The molecule has 0 saturated carbocycles. The minimum Gasteiger partial charge on any atom is -0.395 e. The molecule has 0 spiro atoms. The van der Waals surface area contributed by atoms with Gasteiger partial charge < -0.3 is 15.1 Å². The number of carbonyl (C=O) groups excluding carboxylic acids is 1. The fourth-order valence-corrected chi connectivity index (χ4v) is 1.84. The predicted octanol–water partition coefficient (Wildman–Crippen LogP) is 0.574. The fourth-order valence-electron chi connectivity index (χ4n) is 1.22. The minimum absolute atomic E-state index is 0.0986. The molecule has 1 heterocycles. The first-order valence-corrected chi connectivity index (χ1v) is 5.88. The molecule has 0 atom stereocenters. The van der Waals surface area contributed by atoms with Gasteiger partial charge in [-0.3, -0.25) is 4.79 Å². The summed E-state index contributed by atoms with van der Waals surface area (Å²) in [5.41, 5.74) is 0. The zero-order valence-electron chi connectivity index (χ0n) is 8.87. The molecule has 4 nitrogen and oxygen atoms in total. The SMILES string of the molecule is O=C(C=Cc1cccs1)N(CCO)CCO. The first-order chi connectivity index (χ1) is 7.77. The summed E-state index contributed by atoms with van der Waals surface area (Å²) >= 11 is 1.55. The average Bonchev–Trinajstić information content (AvgIpc) is 2.78. The zero-order chi connectivity index (χ0) is 11.8. The number of hydrogen-bond acceptors (Lipinski definition) is 4. The lowest BCUT2D eigenvalue weighted by Gasteiger charge is -2.18. The summed E-state index contributed by atoms with van der Waals surface area (Å²) in [6.45, 7) is 0.291. The van der Waals surface area contributed by atoms with Crippen molar-refractivity contribution in [1.82, 2.24) is 4.90 Å². The van der Waals surface area contributed by atoms with E-state index in [-0.39, 0.29) is 32.2 Å². The summed E-state index contributed by atoms with van der Waals surface area (Å²) in [6.07, 6.45) is 3.19. The third kappa shape index (κ3) is 4.14. The van der Waals surface area contributed by atoms with Crippen LogP contribution in [0.2, 0.25) is 0 Å². The minimum atomic E-state index is -0.198. The lowest BCUT2D eigenvalue weighted by molar-refractivity contribution is -0.126. The Balaban J connectivity index is 2.54. The van der Waals surface area contributed by atoms with Crippen molar-refractivity contribution in [1.29, 1.82) is 0 Å². The highest BCUT2D eigenvalue weighted by molar-refractivity contribution is 7.10. The van der Waals surface area contributed by atoms with Crippen molar-refractivity contribution in [2.45, 2.75) is 0 Å². The lowest BCUT2D eigenvalue weighted by Crippen LogP contribution is -2.34. The molecule has 88 valence electrons. The highest BCUT2D eigenvalue weighted by atomic mass is 32.1. The molecule has 1 aromatic heterocycles. The van der Waals surface area contributed by atoms with E-state index in [1.54, 1.807) is 17.4 Å². The molecule has 0 aromatic carbocycles. The van der Waals surface area contributed by atoms with E-state index in [4.69, 9.17) is 10.2 Å². The summed E-state index contributed by atoms with van der Waals surface area (Å²) in [5.74, 6) is -0.198. The molecular weight excluding hydrogens is 226 g/mol. The van der Waals surface area contributed by atoms with Gasteiger partial charge in [0.15, 0.2) is 0 Å². The summed E-state index contributed by atoms with van der Waals surface area (Å²) in [4.78, 5) is 14.0. The molecule has 0 saturated heterocycles. The van der Waals surface area contributed by atoms with Gasteiger partial charge in [-0.1, -0.05) is 6.07 Å². The Labute approximate surface area is 98.4 Å². The summed E-state index contributed by atoms with van der Waals surface area (Å²) < 4.78 is 0. The Hall–Kier alpha value is -1.17. The molecule has 16 heavy (non-hydrogen) atoms. The van der Waals surface area contributed by atoms with Gasteiger partial charge in [-0.2, -0.15) is 0 Å². The van der Waals surface area contributed by atoms with E-state index >= 15 is 0 Å². The van der Waals surface area contributed by atoms with Gasteiger partial charge in [-0.05, 0) is 17.5 Å². The topological polar surface area (TPSA) is 60.8 Å². The van der Waals surface area contributed by atoms with Gasteiger partial charge in [-0.25, -0.2) is 0 Å². The fraction of sp³-hybridized carbons (Fsp3) is 0.364. The maximum absolute atomic E-state index is 11.6. The van der Waals surface area contributed by atoms with Crippen molar-refractivity contribution in [3.05, 3.63) is 28.5 Å². The number of carbonyl (C=O) groups is 1. The van der Waals surface area contributed by atoms with Crippen LogP contribution in [0.15, 0.2) is 23.6 Å². The number of rotatable bonds is 6. The third-order valence-corrected chi connectivity index (χ3v) is 2.82. The summed E-state index contributed by atoms with van der Waals surface area (Å²) in [7, 11) is 0. The van der Waals surface area contributed by atoms with E-state index < -0.39 is 0 Å². The Morgan fingerprint density at radius 2 is 2.06 bits per heavy atom. The van der Waals surface area contributed by atoms with Crippen LogP contribution in [0.5, 0.6) is 0 Å². The van der Waals surface area contributed by atoms with Crippen molar-refractivity contribution in [3.8, 4) is 0 Å². The van der Waals surface area contributed by atoms with Crippen molar-refractivity contribution < 1.29 is 15.0 Å². The lowest BCUT2D eigenvalue weighted by atomic mass is 10.3. The molecule has 1 aromatic rings. The van der Waals surface area contributed by atoms with Crippen molar-refractivity contribution in [3.63, 3.8) is 0 Å². The van der Waals surface area contributed by atoms with Gasteiger partial charge in [0.2, 0.25) is 5.91 Å². The molecule has 0 aliphatic carbocycles.